The van der Waals surface area contributed by atoms with Gasteiger partial charge in [0.1, 0.15) is 0 Å². The first kappa shape index (κ1) is 14.5. The van der Waals surface area contributed by atoms with Gasteiger partial charge in [-0.15, -0.1) is 0 Å². The van der Waals surface area contributed by atoms with E-state index in [1.165, 1.54) is 4.31 Å². The lowest BCUT2D eigenvalue weighted by atomic mass is 10.1. The monoisotopic (exact) mass is 284 g/mol. The molecular weight excluding hydrogens is 264 g/mol. The van der Waals surface area contributed by atoms with E-state index in [-0.39, 0.29) is 17.0 Å². The van der Waals surface area contributed by atoms with Crippen LogP contribution in [-0.4, -0.2) is 37.0 Å². The van der Waals surface area contributed by atoms with Crippen molar-refractivity contribution in [3.8, 4) is 0 Å². The number of hydrogen-bond acceptors (Lipinski definition) is 4. The zero-order valence-corrected chi connectivity index (χ0v) is 11.8. The molecule has 0 aliphatic carbocycles. The quantitative estimate of drug-likeness (QED) is 0.862. The number of piperidine rings is 1. The topological polar surface area (TPSA) is 83.6 Å². The van der Waals surface area contributed by atoms with Crippen molar-refractivity contribution in [3.05, 3.63) is 29.8 Å². The Morgan fingerprint density at radius 1 is 1.26 bits per heavy atom. The van der Waals surface area contributed by atoms with Crippen LogP contribution < -0.4 is 5.73 Å². The van der Waals surface area contributed by atoms with Crippen LogP contribution in [0.15, 0.2) is 29.2 Å². The maximum absolute atomic E-state index is 12.4. The molecule has 0 amide bonds. The molecule has 0 saturated carbocycles. The molecule has 1 aromatic carbocycles. The standard InChI is InChI=1S/C13H20N2O3S/c1-10(14)11-2-4-13(5-3-11)19(17,18)15-8-6-12(16)7-9-15/h2-5,10,12,16H,6-9,14H2,1H3. The second kappa shape index (κ2) is 5.58. The Hall–Kier alpha value is -0.950. The van der Waals surface area contributed by atoms with Gasteiger partial charge in [-0.3, -0.25) is 0 Å². The van der Waals surface area contributed by atoms with Crippen molar-refractivity contribution < 1.29 is 13.5 Å². The lowest BCUT2D eigenvalue weighted by Crippen LogP contribution is -2.39. The molecule has 2 rings (SSSR count). The molecule has 3 N–H and O–H groups in total. The third kappa shape index (κ3) is 3.14. The third-order valence-electron chi connectivity index (χ3n) is 3.47. The number of sulfonamides is 1. The molecule has 6 heteroatoms. The summed E-state index contributed by atoms with van der Waals surface area (Å²) in [7, 11) is -3.45. The second-order valence-corrected chi connectivity index (χ2v) is 6.93. The van der Waals surface area contributed by atoms with Gasteiger partial charge in [-0.1, -0.05) is 12.1 Å². The number of nitrogens with zero attached hydrogens (tertiary/aromatic N) is 1. The number of hydrogen-bond donors (Lipinski definition) is 2. The molecule has 1 saturated heterocycles. The van der Waals surface area contributed by atoms with Crippen molar-refractivity contribution in [2.24, 2.45) is 5.73 Å². The smallest absolute Gasteiger partial charge is 0.243 e. The fourth-order valence-corrected chi connectivity index (χ4v) is 3.64. The Labute approximate surface area is 114 Å². The van der Waals surface area contributed by atoms with Crippen LogP contribution in [0.3, 0.4) is 0 Å². The zero-order valence-electron chi connectivity index (χ0n) is 11.0. The van der Waals surface area contributed by atoms with E-state index in [1.54, 1.807) is 24.3 Å². The van der Waals surface area contributed by atoms with Gasteiger partial charge in [0.2, 0.25) is 10.0 Å². The van der Waals surface area contributed by atoms with E-state index in [1.807, 2.05) is 6.92 Å². The molecule has 1 unspecified atom stereocenters. The molecule has 0 spiro atoms. The highest BCUT2D eigenvalue weighted by Gasteiger charge is 2.28. The summed E-state index contributed by atoms with van der Waals surface area (Å²) in [6, 6.07) is 6.58. The number of aliphatic hydroxyl groups excluding tert-OH is 1. The molecule has 1 aliphatic rings. The van der Waals surface area contributed by atoms with Gasteiger partial charge in [-0.25, -0.2) is 8.42 Å². The first-order valence-electron chi connectivity index (χ1n) is 6.45. The van der Waals surface area contributed by atoms with Crippen molar-refractivity contribution in [2.75, 3.05) is 13.1 Å². The minimum atomic E-state index is -3.45. The van der Waals surface area contributed by atoms with Gasteiger partial charge in [0.15, 0.2) is 0 Å². The van der Waals surface area contributed by atoms with E-state index in [0.29, 0.717) is 25.9 Å². The number of rotatable bonds is 3. The minimum absolute atomic E-state index is 0.109. The van der Waals surface area contributed by atoms with Gasteiger partial charge >= 0.3 is 0 Å². The van der Waals surface area contributed by atoms with Crippen molar-refractivity contribution in [1.29, 1.82) is 0 Å². The Balaban J connectivity index is 2.19. The molecule has 1 fully saturated rings. The van der Waals surface area contributed by atoms with Gasteiger partial charge < -0.3 is 10.8 Å². The van der Waals surface area contributed by atoms with Gasteiger partial charge in [0.05, 0.1) is 11.0 Å². The van der Waals surface area contributed by atoms with E-state index < -0.39 is 10.0 Å². The number of benzene rings is 1. The van der Waals surface area contributed by atoms with Crippen LogP contribution in [0.1, 0.15) is 31.4 Å². The molecular formula is C13H20N2O3S. The van der Waals surface area contributed by atoms with E-state index in [4.69, 9.17) is 5.73 Å². The molecule has 1 aliphatic heterocycles. The van der Waals surface area contributed by atoms with Crippen molar-refractivity contribution >= 4 is 10.0 Å². The van der Waals surface area contributed by atoms with Crippen LogP contribution in [0.5, 0.6) is 0 Å². The average molecular weight is 284 g/mol. The molecule has 1 aromatic rings. The van der Waals surface area contributed by atoms with Crippen LogP contribution in [-0.2, 0) is 10.0 Å². The summed E-state index contributed by atoms with van der Waals surface area (Å²) in [6.45, 7) is 2.60. The maximum Gasteiger partial charge on any atom is 0.243 e. The lowest BCUT2D eigenvalue weighted by Gasteiger charge is -2.28. The van der Waals surface area contributed by atoms with Crippen molar-refractivity contribution in [1.82, 2.24) is 4.31 Å². The molecule has 0 radical (unpaired) electrons. The van der Waals surface area contributed by atoms with E-state index in [2.05, 4.69) is 0 Å². The summed E-state index contributed by atoms with van der Waals surface area (Å²) in [5, 5.41) is 9.43. The van der Waals surface area contributed by atoms with E-state index in [0.717, 1.165) is 5.56 Å². The van der Waals surface area contributed by atoms with E-state index in [9.17, 15) is 13.5 Å². The summed E-state index contributed by atoms with van der Waals surface area (Å²) in [5.74, 6) is 0. The van der Waals surface area contributed by atoms with Crippen LogP contribution in [0.25, 0.3) is 0 Å². The van der Waals surface area contributed by atoms with Crippen LogP contribution in [0, 0.1) is 0 Å². The van der Waals surface area contributed by atoms with Crippen molar-refractivity contribution in [3.63, 3.8) is 0 Å². The summed E-state index contributed by atoms with van der Waals surface area (Å²) in [5.41, 5.74) is 6.65. The fraction of sp³-hybridized carbons (Fsp3) is 0.538. The molecule has 1 atom stereocenters. The molecule has 19 heavy (non-hydrogen) atoms. The Morgan fingerprint density at radius 3 is 2.26 bits per heavy atom. The van der Waals surface area contributed by atoms with Gasteiger partial charge in [0.25, 0.3) is 0 Å². The van der Waals surface area contributed by atoms with E-state index >= 15 is 0 Å². The summed E-state index contributed by atoms with van der Waals surface area (Å²) < 4.78 is 26.2. The van der Waals surface area contributed by atoms with Crippen LogP contribution in [0.4, 0.5) is 0 Å². The maximum atomic E-state index is 12.4. The molecule has 106 valence electrons. The third-order valence-corrected chi connectivity index (χ3v) is 5.38. The lowest BCUT2D eigenvalue weighted by molar-refractivity contribution is 0.113. The van der Waals surface area contributed by atoms with Gasteiger partial charge in [-0.05, 0) is 37.5 Å². The average Bonchev–Trinajstić information content (AvgIpc) is 2.39. The number of aliphatic hydroxyl groups is 1. The minimum Gasteiger partial charge on any atom is -0.393 e. The van der Waals surface area contributed by atoms with Gasteiger partial charge in [0, 0.05) is 19.1 Å². The molecule has 1 heterocycles. The normalized spacial score (nSPS) is 20.4. The Kier molecular flexibility index (Phi) is 4.25. The first-order valence-corrected chi connectivity index (χ1v) is 7.89. The SMILES string of the molecule is CC(N)c1ccc(S(=O)(=O)N2CCC(O)CC2)cc1. The Morgan fingerprint density at radius 2 is 1.79 bits per heavy atom. The van der Waals surface area contributed by atoms with Gasteiger partial charge in [-0.2, -0.15) is 4.31 Å². The predicted molar refractivity (Wildman–Crippen MR) is 73.0 cm³/mol. The summed E-state index contributed by atoms with van der Waals surface area (Å²) >= 11 is 0. The first-order chi connectivity index (χ1) is 8.91. The highest BCUT2D eigenvalue weighted by Crippen LogP contribution is 2.22. The fourth-order valence-electron chi connectivity index (χ4n) is 2.17. The van der Waals surface area contributed by atoms with Crippen molar-refractivity contribution in [2.45, 2.75) is 36.8 Å². The Bertz CT molecular complexity index is 517. The number of nitrogens with two attached hydrogens (primary N) is 1. The summed E-state index contributed by atoms with van der Waals surface area (Å²) in [6.07, 6.45) is 0.612. The molecule has 0 bridgehead atoms. The largest absolute Gasteiger partial charge is 0.393 e. The second-order valence-electron chi connectivity index (χ2n) is 4.99. The highest BCUT2D eigenvalue weighted by molar-refractivity contribution is 7.89. The molecule has 5 nitrogen and oxygen atoms in total. The zero-order chi connectivity index (χ0) is 14.0. The highest BCUT2D eigenvalue weighted by atomic mass is 32.2. The van der Waals surface area contributed by atoms with Crippen LogP contribution in [0.2, 0.25) is 0 Å². The summed E-state index contributed by atoms with van der Waals surface area (Å²) in [4.78, 5) is 0.285. The predicted octanol–water partition coefficient (Wildman–Crippen LogP) is 0.852. The molecule has 0 aromatic heterocycles. The van der Waals surface area contributed by atoms with Crippen LogP contribution >= 0.6 is 0 Å².